The Morgan fingerprint density at radius 1 is 1.12 bits per heavy atom. The van der Waals surface area contributed by atoms with Crippen molar-refractivity contribution in [2.45, 2.75) is 13.8 Å². The molecule has 1 aliphatic heterocycles. The molecule has 0 aliphatic carbocycles. The second-order valence-electron chi connectivity index (χ2n) is 5.90. The highest BCUT2D eigenvalue weighted by molar-refractivity contribution is 5.93. The van der Waals surface area contributed by atoms with Crippen molar-refractivity contribution in [2.24, 2.45) is 0 Å². The summed E-state index contributed by atoms with van der Waals surface area (Å²) >= 11 is 0. The fourth-order valence-electron chi connectivity index (χ4n) is 2.84. The number of anilines is 2. The van der Waals surface area contributed by atoms with Gasteiger partial charge in [-0.05, 0) is 25.6 Å². The first-order chi connectivity index (χ1) is 11.7. The Morgan fingerprint density at radius 2 is 1.83 bits per heavy atom. The van der Waals surface area contributed by atoms with Crippen molar-refractivity contribution in [2.75, 3.05) is 38.0 Å². The lowest BCUT2D eigenvalue weighted by Crippen LogP contribution is -2.48. The van der Waals surface area contributed by atoms with E-state index < -0.39 is 0 Å². The first kappa shape index (κ1) is 16.4. The minimum Gasteiger partial charge on any atom is -0.340 e. The van der Waals surface area contributed by atoms with Gasteiger partial charge in [0.2, 0.25) is 0 Å². The van der Waals surface area contributed by atoms with Crippen LogP contribution >= 0.6 is 0 Å². The first-order valence-corrected chi connectivity index (χ1v) is 8.35. The largest absolute Gasteiger partial charge is 0.340 e. The van der Waals surface area contributed by atoms with Crippen LogP contribution in [0.4, 0.5) is 11.5 Å². The molecule has 126 valence electrons. The van der Waals surface area contributed by atoms with E-state index >= 15 is 0 Å². The molecular formula is C18H23N5O. The summed E-state index contributed by atoms with van der Waals surface area (Å²) in [4.78, 5) is 25.7. The molecule has 0 bridgehead atoms. The van der Waals surface area contributed by atoms with Crippen LogP contribution in [0.25, 0.3) is 0 Å². The zero-order chi connectivity index (χ0) is 16.9. The molecule has 3 rings (SSSR count). The van der Waals surface area contributed by atoms with Crippen LogP contribution in [-0.2, 0) is 0 Å². The number of nitrogens with zero attached hydrogens (tertiary/aromatic N) is 4. The molecule has 6 nitrogen and oxygen atoms in total. The molecule has 0 saturated carbocycles. The molecular weight excluding hydrogens is 302 g/mol. The number of likely N-dealkylation sites (N-methyl/N-ethyl adjacent to an activating group) is 1. The highest BCUT2D eigenvalue weighted by Gasteiger charge is 2.23. The van der Waals surface area contributed by atoms with E-state index in [0.717, 1.165) is 38.4 Å². The maximum absolute atomic E-state index is 12.7. The Balaban J connectivity index is 1.75. The molecule has 1 N–H and O–H groups in total. The Hall–Kier alpha value is -2.47. The molecule has 2 heterocycles. The SMILES string of the molecule is CCN1CCN(C(=O)c2cc(Nc3ccccc3)nc(C)n2)CC1. The van der Waals surface area contributed by atoms with Crippen LogP contribution in [0.3, 0.4) is 0 Å². The van der Waals surface area contributed by atoms with Crippen LogP contribution in [-0.4, -0.2) is 58.4 Å². The average Bonchev–Trinajstić information content (AvgIpc) is 2.61. The molecule has 1 amide bonds. The minimum atomic E-state index is -0.0210. The number of rotatable bonds is 4. The van der Waals surface area contributed by atoms with Gasteiger partial charge in [0.1, 0.15) is 17.3 Å². The average molecular weight is 325 g/mol. The van der Waals surface area contributed by atoms with E-state index in [1.54, 1.807) is 6.07 Å². The number of hydrogen-bond donors (Lipinski definition) is 1. The van der Waals surface area contributed by atoms with Crippen LogP contribution < -0.4 is 5.32 Å². The van der Waals surface area contributed by atoms with Crippen molar-refractivity contribution in [3.63, 3.8) is 0 Å². The van der Waals surface area contributed by atoms with E-state index in [-0.39, 0.29) is 5.91 Å². The predicted octanol–water partition coefficient (Wildman–Crippen LogP) is 2.31. The first-order valence-electron chi connectivity index (χ1n) is 8.35. The Labute approximate surface area is 142 Å². The fraction of sp³-hybridized carbons (Fsp3) is 0.389. The van der Waals surface area contributed by atoms with Gasteiger partial charge in [-0.2, -0.15) is 0 Å². The van der Waals surface area contributed by atoms with E-state index in [1.807, 2.05) is 42.2 Å². The number of nitrogens with one attached hydrogen (secondary N) is 1. The van der Waals surface area contributed by atoms with Gasteiger partial charge in [-0.25, -0.2) is 9.97 Å². The molecule has 1 aliphatic rings. The number of amides is 1. The standard InChI is InChI=1S/C18H23N5O/c1-3-22-9-11-23(12-10-22)18(24)16-13-17(20-14(2)19-16)21-15-7-5-4-6-8-15/h4-8,13H,3,9-12H2,1-2H3,(H,19,20,21). The van der Waals surface area contributed by atoms with Gasteiger partial charge >= 0.3 is 0 Å². The summed E-state index contributed by atoms with van der Waals surface area (Å²) in [7, 11) is 0. The number of piperazine rings is 1. The molecule has 24 heavy (non-hydrogen) atoms. The number of aromatic nitrogens is 2. The fourth-order valence-corrected chi connectivity index (χ4v) is 2.84. The highest BCUT2D eigenvalue weighted by atomic mass is 16.2. The lowest BCUT2D eigenvalue weighted by Gasteiger charge is -2.33. The van der Waals surface area contributed by atoms with E-state index in [4.69, 9.17) is 0 Å². The molecule has 1 aromatic heterocycles. The van der Waals surface area contributed by atoms with Gasteiger partial charge < -0.3 is 15.1 Å². The monoisotopic (exact) mass is 325 g/mol. The summed E-state index contributed by atoms with van der Waals surface area (Å²) in [6.45, 7) is 8.31. The van der Waals surface area contributed by atoms with Crippen molar-refractivity contribution in [3.8, 4) is 0 Å². The van der Waals surface area contributed by atoms with Gasteiger partial charge in [-0.15, -0.1) is 0 Å². The van der Waals surface area contributed by atoms with Crippen LogP contribution in [0.2, 0.25) is 0 Å². The second kappa shape index (κ2) is 7.40. The lowest BCUT2D eigenvalue weighted by molar-refractivity contribution is 0.0637. The van der Waals surface area contributed by atoms with Crippen LogP contribution in [0.15, 0.2) is 36.4 Å². The normalized spacial score (nSPS) is 15.3. The van der Waals surface area contributed by atoms with Gasteiger partial charge in [0.25, 0.3) is 5.91 Å². The minimum absolute atomic E-state index is 0.0210. The van der Waals surface area contributed by atoms with Crippen molar-refractivity contribution in [1.29, 1.82) is 0 Å². The molecule has 0 spiro atoms. The summed E-state index contributed by atoms with van der Waals surface area (Å²) in [5, 5.41) is 3.23. The molecule has 0 radical (unpaired) electrons. The third-order valence-corrected chi connectivity index (χ3v) is 4.21. The summed E-state index contributed by atoms with van der Waals surface area (Å²) < 4.78 is 0. The number of aryl methyl sites for hydroxylation is 1. The number of hydrogen-bond acceptors (Lipinski definition) is 5. The van der Waals surface area contributed by atoms with E-state index in [9.17, 15) is 4.79 Å². The molecule has 0 atom stereocenters. The van der Waals surface area contributed by atoms with Crippen molar-refractivity contribution in [1.82, 2.24) is 19.8 Å². The molecule has 1 saturated heterocycles. The number of carbonyl (C=O) groups excluding carboxylic acids is 1. The molecule has 1 fully saturated rings. The summed E-state index contributed by atoms with van der Waals surface area (Å²) in [5.74, 6) is 1.21. The Morgan fingerprint density at radius 3 is 2.50 bits per heavy atom. The zero-order valence-electron chi connectivity index (χ0n) is 14.2. The van der Waals surface area contributed by atoms with Crippen LogP contribution in [0.1, 0.15) is 23.2 Å². The molecule has 2 aromatic rings. The number of carbonyl (C=O) groups is 1. The third-order valence-electron chi connectivity index (χ3n) is 4.21. The summed E-state index contributed by atoms with van der Waals surface area (Å²) in [5.41, 5.74) is 1.39. The molecule has 6 heteroatoms. The van der Waals surface area contributed by atoms with Crippen LogP contribution in [0, 0.1) is 6.92 Å². The Bertz CT molecular complexity index is 696. The van der Waals surface area contributed by atoms with E-state index in [2.05, 4.69) is 27.1 Å². The van der Waals surface area contributed by atoms with E-state index in [0.29, 0.717) is 17.3 Å². The lowest BCUT2D eigenvalue weighted by atomic mass is 10.2. The quantitative estimate of drug-likeness (QED) is 0.935. The zero-order valence-corrected chi connectivity index (χ0v) is 14.2. The van der Waals surface area contributed by atoms with Gasteiger partial charge in [0, 0.05) is 37.9 Å². The van der Waals surface area contributed by atoms with Gasteiger partial charge in [0.15, 0.2) is 0 Å². The maximum atomic E-state index is 12.7. The molecule has 0 unspecified atom stereocenters. The maximum Gasteiger partial charge on any atom is 0.272 e. The Kier molecular flexibility index (Phi) is 5.05. The molecule has 1 aromatic carbocycles. The van der Waals surface area contributed by atoms with Crippen molar-refractivity contribution >= 4 is 17.4 Å². The number of benzene rings is 1. The van der Waals surface area contributed by atoms with Gasteiger partial charge in [0.05, 0.1) is 0 Å². The van der Waals surface area contributed by atoms with Crippen LogP contribution in [0.5, 0.6) is 0 Å². The van der Waals surface area contributed by atoms with Crippen molar-refractivity contribution in [3.05, 3.63) is 47.9 Å². The smallest absolute Gasteiger partial charge is 0.272 e. The van der Waals surface area contributed by atoms with E-state index in [1.165, 1.54) is 0 Å². The summed E-state index contributed by atoms with van der Waals surface area (Å²) in [6.07, 6.45) is 0. The predicted molar refractivity (Wildman–Crippen MR) is 94.5 cm³/mol. The van der Waals surface area contributed by atoms with Gasteiger partial charge in [-0.1, -0.05) is 25.1 Å². The number of para-hydroxylation sites is 1. The topological polar surface area (TPSA) is 61.4 Å². The van der Waals surface area contributed by atoms with Crippen molar-refractivity contribution < 1.29 is 4.79 Å². The third kappa shape index (κ3) is 3.89. The summed E-state index contributed by atoms with van der Waals surface area (Å²) in [6, 6.07) is 11.5. The second-order valence-corrected chi connectivity index (χ2v) is 5.90. The van der Waals surface area contributed by atoms with Gasteiger partial charge in [-0.3, -0.25) is 4.79 Å². The highest BCUT2D eigenvalue weighted by Crippen LogP contribution is 2.16.